The van der Waals surface area contributed by atoms with Crippen LogP contribution in [0.5, 0.6) is 0 Å². The van der Waals surface area contributed by atoms with Gasteiger partial charge in [-0.05, 0) is 24.3 Å². The van der Waals surface area contributed by atoms with E-state index in [-0.39, 0.29) is 11.8 Å². The number of rotatable bonds is 4. The molecule has 0 aliphatic carbocycles. The maximum atomic E-state index is 12.3. The minimum Gasteiger partial charge on any atom is -0.378 e. The Kier molecular flexibility index (Phi) is 5.20. The summed E-state index contributed by atoms with van der Waals surface area (Å²) < 4.78 is 5.24. The third-order valence-electron chi connectivity index (χ3n) is 3.65. The molecule has 0 unspecified atom stereocenters. The van der Waals surface area contributed by atoms with Crippen LogP contribution in [0.15, 0.2) is 36.7 Å². The van der Waals surface area contributed by atoms with Crippen LogP contribution in [0, 0.1) is 0 Å². The number of anilines is 3. The van der Waals surface area contributed by atoms with E-state index < -0.39 is 0 Å². The van der Waals surface area contributed by atoms with Crippen LogP contribution in [0.1, 0.15) is 17.4 Å². The van der Waals surface area contributed by atoms with Gasteiger partial charge in [0, 0.05) is 31.4 Å². The smallest absolute Gasteiger partial charge is 0.274 e. The first-order valence-electron chi connectivity index (χ1n) is 7.95. The van der Waals surface area contributed by atoms with Crippen molar-refractivity contribution in [1.29, 1.82) is 0 Å². The second-order valence-corrected chi connectivity index (χ2v) is 5.57. The number of carbonyl (C=O) groups is 2. The van der Waals surface area contributed by atoms with Crippen LogP contribution in [0.25, 0.3) is 0 Å². The molecule has 1 saturated heterocycles. The van der Waals surface area contributed by atoms with E-state index in [1.165, 1.54) is 19.3 Å². The van der Waals surface area contributed by atoms with Crippen LogP contribution in [-0.2, 0) is 9.53 Å². The van der Waals surface area contributed by atoms with Crippen molar-refractivity contribution in [3.05, 3.63) is 42.4 Å². The number of carbonyl (C=O) groups excluding carboxylic acids is 2. The standard InChI is InChI=1S/C17H19N5O3/c1-12(23)20-13-2-4-14(5-3-13)21-16-11-18-15(10-19-16)17(24)22-6-8-25-9-7-22/h2-5,10-11H,6-9H2,1H3,(H,19,21)(H,20,23). The lowest BCUT2D eigenvalue weighted by Crippen LogP contribution is -2.41. The lowest BCUT2D eigenvalue weighted by molar-refractivity contribution is -0.114. The Morgan fingerprint density at radius 2 is 1.72 bits per heavy atom. The number of amides is 2. The van der Waals surface area contributed by atoms with E-state index >= 15 is 0 Å². The number of hydrogen-bond acceptors (Lipinski definition) is 6. The zero-order chi connectivity index (χ0) is 17.6. The molecule has 0 atom stereocenters. The number of morpholine rings is 1. The van der Waals surface area contributed by atoms with E-state index in [1.54, 1.807) is 17.0 Å². The van der Waals surface area contributed by atoms with Crippen molar-refractivity contribution in [2.75, 3.05) is 36.9 Å². The van der Waals surface area contributed by atoms with Crippen molar-refractivity contribution in [3.8, 4) is 0 Å². The Hall–Kier alpha value is -3.00. The molecule has 130 valence electrons. The Labute approximate surface area is 145 Å². The summed E-state index contributed by atoms with van der Waals surface area (Å²) in [6.07, 6.45) is 2.99. The normalized spacial score (nSPS) is 14.0. The molecular formula is C17H19N5O3. The Morgan fingerprint density at radius 3 is 2.32 bits per heavy atom. The van der Waals surface area contributed by atoms with Gasteiger partial charge in [-0.15, -0.1) is 0 Å². The van der Waals surface area contributed by atoms with Gasteiger partial charge >= 0.3 is 0 Å². The Balaban J connectivity index is 1.62. The second kappa shape index (κ2) is 7.71. The fourth-order valence-corrected chi connectivity index (χ4v) is 2.42. The highest BCUT2D eigenvalue weighted by Gasteiger charge is 2.19. The minimum atomic E-state index is -0.137. The van der Waals surface area contributed by atoms with E-state index in [0.717, 1.165) is 11.4 Å². The third kappa shape index (κ3) is 4.51. The first-order valence-corrected chi connectivity index (χ1v) is 7.95. The van der Waals surface area contributed by atoms with Crippen LogP contribution in [-0.4, -0.2) is 53.0 Å². The van der Waals surface area contributed by atoms with Crippen molar-refractivity contribution in [3.63, 3.8) is 0 Å². The van der Waals surface area contributed by atoms with E-state index in [1.807, 2.05) is 12.1 Å². The molecular weight excluding hydrogens is 322 g/mol. The van der Waals surface area contributed by atoms with Gasteiger partial charge in [0.2, 0.25) is 5.91 Å². The van der Waals surface area contributed by atoms with Gasteiger partial charge in [-0.25, -0.2) is 9.97 Å². The zero-order valence-corrected chi connectivity index (χ0v) is 13.9. The highest BCUT2D eigenvalue weighted by Crippen LogP contribution is 2.17. The first-order chi connectivity index (χ1) is 12.1. The molecule has 25 heavy (non-hydrogen) atoms. The van der Waals surface area contributed by atoms with Crippen molar-refractivity contribution >= 4 is 29.0 Å². The number of aromatic nitrogens is 2. The van der Waals surface area contributed by atoms with E-state index in [2.05, 4.69) is 20.6 Å². The highest BCUT2D eigenvalue weighted by molar-refractivity contribution is 5.92. The lowest BCUT2D eigenvalue weighted by Gasteiger charge is -2.26. The fraction of sp³-hybridized carbons (Fsp3) is 0.294. The summed E-state index contributed by atoms with van der Waals surface area (Å²) in [7, 11) is 0. The van der Waals surface area contributed by atoms with E-state index in [9.17, 15) is 9.59 Å². The van der Waals surface area contributed by atoms with Crippen molar-refractivity contribution < 1.29 is 14.3 Å². The topological polar surface area (TPSA) is 96.5 Å². The van der Waals surface area contributed by atoms with Gasteiger partial charge in [0.1, 0.15) is 11.5 Å². The highest BCUT2D eigenvalue weighted by atomic mass is 16.5. The molecule has 1 aromatic heterocycles. The molecule has 1 aromatic carbocycles. The van der Waals surface area contributed by atoms with Gasteiger partial charge in [-0.3, -0.25) is 9.59 Å². The lowest BCUT2D eigenvalue weighted by atomic mass is 10.2. The van der Waals surface area contributed by atoms with Crippen molar-refractivity contribution in [2.24, 2.45) is 0 Å². The molecule has 2 N–H and O–H groups in total. The molecule has 1 aliphatic rings. The van der Waals surface area contributed by atoms with Gasteiger partial charge in [-0.1, -0.05) is 0 Å². The molecule has 0 radical (unpaired) electrons. The van der Waals surface area contributed by atoms with Crippen LogP contribution in [0.3, 0.4) is 0 Å². The summed E-state index contributed by atoms with van der Waals surface area (Å²) in [6, 6.07) is 7.21. The van der Waals surface area contributed by atoms with Gasteiger partial charge in [0.05, 0.1) is 25.6 Å². The molecule has 8 heteroatoms. The molecule has 2 amide bonds. The molecule has 1 fully saturated rings. The Morgan fingerprint density at radius 1 is 1.04 bits per heavy atom. The summed E-state index contributed by atoms with van der Waals surface area (Å²) in [5.41, 5.74) is 1.83. The summed E-state index contributed by atoms with van der Waals surface area (Å²) in [5.74, 6) is 0.278. The maximum Gasteiger partial charge on any atom is 0.274 e. The monoisotopic (exact) mass is 341 g/mol. The first kappa shape index (κ1) is 16.8. The second-order valence-electron chi connectivity index (χ2n) is 5.57. The minimum absolute atomic E-state index is 0.118. The quantitative estimate of drug-likeness (QED) is 0.878. The summed E-state index contributed by atoms with van der Waals surface area (Å²) in [6.45, 7) is 3.70. The van der Waals surface area contributed by atoms with E-state index in [0.29, 0.717) is 37.8 Å². The van der Waals surface area contributed by atoms with Crippen LogP contribution in [0.2, 0.25) is 0 Å². The largest absolute Gasteiger partial charge is 0.378 e. The van der Waals surface area contributed by atoms with Gasteiger partial charge in [0.15, 0.2) is 0 Å². The van der Waals surface area contributed by atoms with Crippen LogP contribution < -0.4 is 10.6 Å². The molecule has 0 saturated carbocycles. The maximum absolute atomic E-state index is 12.3. The molecule has 0 spiro atoms. The van der Waals surface area contributed by atoms with Gasteiger partial charge in [0.25, 0.3) is 5.91 Å². The zero-order valence-electron chi connectivity index (χ0n) is 13.9. The fourth-order valence-electron chi connectivity index (χ4n) is 2.42. The molecule has 1 aliphatic heterocycles. The summed E-state index contributed by atoms with van der Waals surface area (Å²) in [5, 5.41) is 5.80. The SMILES string of the molecule is CC(=O)Nc1ccc(Nc2cnc(C(=O)N3CCOCC3)cn2)cc1. The van der Waals surface area contributed by atoms with Gasteiger partial charge in [-0.2, -0.15) is 0 Å². The third-order valence-corrected chi connectivity index (χ3v) is 3.65. The number of hydrogen-bond donors (Lipinski definition) is 2. The van der Waals surface area contributed by atoms with Crippen LogP contribution in [0.4, 0.5) is 17.2 Å². The van der Waals surface area contributed by atoms with Crippen molar-refractivity contribution in [2.45, 2.75) is 6.92 Å². The molecule has 8 nitrogen and oxygen atoms in total. The number of nitrogens with one attached hydrogen (secondary N) is 2. The van der Waals surface area contributed by atoms with Crippen molar-refractivity contribution in [1.82, 2.24) is 14.9 Å². The molecule has 0 bridgehead atoms. The molecule has 2 aromatic rings. The predicted molar refractivity (Wildman–Crippen MR) is 92.8 cm³/mol. The molecule has 3 rings (SSSR count). The molecule has 2 heterocycles. The predicted octanol–water partition coefficient (Wildman–Crippen LogP) is 1.65. The average Bonchev–Trinajstić information content (AvgIpc) is 2.64. The van der Waals surface area contributed by atoms with E-state index in [4.69, 9.17) is 4.74 Å². The van der Waals surface area contributed by atoms with Gasteiger partial charge < -0.3 is 20.3 Å². The number of ether oxygens (including phenoxy) is 1. The number of nitrogens with zero attached hydrogens (tertiary/aromatic N) is 3. The average molecular weight is 341 g/mol. The van der Waals surface area contributed by atoms with Crippen LogP contribution >= 0.6 is 0 Å². The summed E-state index contributed by atoms with van der Waals surface area (Å²) >= 11 is 0. The number of benzene rings is 1. The Bertz CT molecular complexity index is 740. The summed E-state index contributed by atoms with van der Waals surface area (Å²) in [4.78, 5) is 33.5.